The topological polar surface area (TPSA) is 58.2 Å². The predicted molar refractivity (Wildman–Crippen MR) is 86.5 cm³/mol. The molecule has 2 rings (SSSR count). The standard InChI is InChI=1S/C16H22N2O2S/c1-2-21-14-10-6-9-13(14)18-15(19)11-17-16(20)12-7-4-3-5-8-12/h3-5,7-8,13-14H,2,6,9-11H2,1H3,(H,17,20)(H,18,19)/t13-,14+/m1/s1. The highest BCUT2D eigenvalue weighted by molar-refractivity contribution is 7.99. The fourth-order valence-corrected chi connectivity index (χ4v) is 3.81. The number of carbonyl (C=O) groups excluding carboxylic acids is 2. The van der Waals surface area contributed by atoms with Gasteiger partial charge in [0.05, 0.1) is 6.54 Å². The molecule has 1 fully saturated rings. The summed E-state index contributed by atoms with van der Waals surface area (Å²) in [6.07, 6.45) is 3.37. The maximum Gasteiger partial charge on any atom is 0.251 e. The van der Waals surface area contributed by atoms with Crippen LogP contribution in [0.15, 0.2) is 30.3 Å². The van der Waals surface area contributed by atoms with Crippen molar-refractivity contribution >= 4 is 23.6 Å². The molecule has 0 saturated heterocycles. The van der Waals surface area contributed by atoms with Crippen molar-refractivity contribution < 1.29 is 9.59 Å². The number of carbonyl (C=O) groups is 2. The third kappa shape index (κ3) is 4.77. The largest absolute Gasteiger partial charge is 0.351 e. The fraction of sp³-hybridized carbons (Fsp3) is 0.500. The van der Waals surface area contributed by atoms with Crippen molar-refractivity contribution in [3.05, 3.63) is 35.9 Å². The first kappa shape index (κ1) is 15.9. The van der Waals surface area contributed by atoms with E-state index in [2.05, 4.69) is 17.6 Å². The molecule has 0 bridgehead atoms. The van der Waals surface area contributed by atoms with Crippen molar-refractivity contribution in [1.29, 1.82) is 0 Å². The van der Waals surface area contributed by atoms with E-state index >= 15 is 0 Å². The summed E-state index contributed by atoms with van der Waals surface area (Å²) in [5.74, 6) is 0.756. The van der Waals surface area contributed by atoms with E-state index in [4.69, 9.17) is 0 Å². The van der Waals surface area contributed by atoms with Crippen LogP contribution in [0.2, 0.25) is 0 Å². The number of benzene rings is 1. The molecular weight excluding hydrogens is 284 g/mol. The maximum atomic E-state index is 11.9. The van der Waals surface area contributed by atoms with Crippen LogP contribution in [0.5, 0.6) is 0 Å². The van der Waals surface area contributed by atoms with Gasteiger partial charge >= 0.3 is 0 Å². The SMILES string of the molecule is CCS[C@H]1CCC[C@H]1NC(=O)CNC(=O)c1ccccc1. The van der Waals surface area contributed by atoms with E-state index < -0.39 is 0 Å². The summed E-state index contributed by atoms with van der Waals surface area (Å²) >= 11 is 1.91. The van der Waals surface area contributed by atoms with E-state index in [1.807, 2.05) is 17.8 Å². The van der Waals surface area contributed by atoms with Crippen LogP contribution in [0.3, 0.4) is 0 Å². The predicted octanol–water partition coefficient (Wildman–Crippen LogP) is 2.21. The molecule has 2 amide bonds. The average molecular weight is 306 g/mol. The Morgan fingerprint density at radius 3 is 2.71 bits per heavy atom. The minimum atomic E-state index is -0.211. The molecule has 1 aliphatic rings. The van der Waals surface area contributed by atoms with Gasteiger partial charge in [-0.1, -0.05) is 31.5 Å². The summed E-state index contributed by atoms with van der Waals surface area (Å²) in [5, 5.41) is 6.23. The second-order valence-electron chi connectivity index (χ2n) is 5.15. The van der Waals surface area contributed by atoms with Crippen LogP contribution in [0.1, 0.15) is 36.5 Å². The lowest BCUT2D eigenvalue weighted by atomic mass is 10.2. The molecule has 5 heteroatoms. The molecule has 0 radical (unpaired) electrons. The van der Waals surface area contributed by atoms with E-state index in [0.717, 1.165) is 12.2 Å². The second kappa shape index (κ2) is 8.08. The van der Waals surface area contributed by atoms with Gasteiger partial charge in [-0.15, -0.1) is 0 Å². The van der Waals surface area contributed by atoms with E-state index in [9.17, 15) is 9.59 Å². The highest BCUT2D eigenvalue weighted by atomic mass is 32.2. The zero-order valence-corrected chi connectivity index (χ0v) is 13.1. The zero-order chi connectivity index (χ0) is 15.1. The van der Waals surface area contributed by atoms with Crippen LogP contribution < -0.4 is 10.6 Å². The summed E-state index contributed by atoms with van der Waals surface area (Å²) in [6, 6.07) is 9.18. The Balaban J connectivity index is 1.76. The molecule has 1 aromatic rings. The van der Waals surface area contributed by atoms with Gasteiger partial charge < -0.3 is 10.6 Å². The molecular formula is C16H22N2O2S. The van der Waals surface area contributed by atoms with Crippen molar-refractivity contribution in [2.45, 2.75) is 37.5 Å². The Kier molecular flexibility index (Phi) is 6.11. The van der Waals surface area contributed by atoms with Gasteiger partial charge in [-0.05, 0) is 30.7 Å². The first-order chi connectivity index (χ1) is 10.2. The molecule has 2 N–H and O–H groups in total. The Bertz CT molecular complexity index is 478. The lowest BCUT2D eigenvalue weighted by molar-refractivity contribution is -0.120. The minimum absolute atomic E-state index is 0.0355. The van der Waals surface area contributed by atoms with Crippen molar-refractivity contribution in [2.24, 2.45) is 0 Å². The van der Waals surface area contributed by atoms with Crippen LogP contribution in [0.25, 0.3) is 0 Å². The highest BCUT2D eigenvalue weighted by Gasteiger charge is 2.28. The van der Waals surface area contributed by atoms with Crippen LogP contribution in [-0.4, -0.2) is 35.4 Å². The Hall–Kier alpha value is -1.49. The molecule has 0 spiro atoms. The lowest BCUT2D eigenvalue weighted by Crippen LogP contribution is -2.44. The molecule has 0 aromatic heterocycles. The summed E-state index contributed by atoms with van der Waals surface area (Å²) < 4.78 is 0. The van der Waals surface area contributed by atoms with Gasteiger partial charge in [0.25, 0.3) is 5.91 Å². The number of nitrogens with one attached hydrogen (secondary N) is 2. The fourth-order valence-electron chi connectivity index (χ4n) is 2.61. The highest BCUT2D eigenvalue weighted by Crippen LogP contribution is 2.29. The van der Waals surface area contributed by atoms with Crippen molar-refractivity contribution in [3.63, 3.8) is 0 Å². The molecule has 21 heavy (non-hydrogen) atoms. The van der Waals surface area contributed by atoms with Gasteiger partial charge in [0.15, 0.2) is 0 Å². The molecule has 1 aromatic carbocycles. The third-order valence-electron chi connectivity index (χ3n) is 3.63. The molecule has 0 aliphatic heterocycles. The quantitative estimate of drug-likeness (QED) is 0.847. The minimum Gasteiger partial charge on any atom is -0.351 e. The van der Waals surface area contributed by atoms with Gasteiger partial charge in [-0.2, -0.15) is 11.8 Å². The molecule has 0 unspecified atom stereocenters. The van der Waals surface area contributed by atoms with Gasteiger partial charge in [0, 0.05) is 16.9 Å². The number of rotatable bonds is 6. The molecule has 1 aliphatic carbocycles. The van der Waals surface area contributed by atoms with Crippen molar-refractivity contribution in [2.75, 3.05) is 12.3 Å². The van der Waals surface area contributed by atoms with Gasteiger partial charge in [-0.3, -0.25) is 9.59 Å². The number of amides is 2. The summed E-state index contributed by atoms with van der Waals surface area (Å²) in [5.41, 5.74) is 0.575. The summed E-state index contributed by atoms with van der Waals surface area (Å²) in [7, 11) is 0. The van der Waals surface area contributed by atoms with E-state index in [-0.39, 0.29) is 24.4 Å². The lowest BCUT2D eigenvalue weighted by Gasteiger charge is -2.20. The first-order valence-corrected chi connectivity index (χ1v) is 8.49. The number of thioether (sulfide) groups is 1. The third-order valence-corrected chi connectivity index (χ3v) is 4.95. The Morgan fingerprint density at radius 2 is 2.00 bits per heavy atom. The first-order valence-electron chi connectivity index (χ1n) is 7.45. The van der Waals surface area contributed by atoms with Crippen molar-refractivity contribution in [3.8, 4) is 0 Å². The molecule has 1 saturated carbocycles. The normalized spacial score (nSPS) is 21.0. The average Bonchev–Trinajstić information content (AvgIpc) is 2.93. The van der Waals surface area contributed by atoms with Gasteiger partial charge in [-0.25, -0.2) is 0 Å². The monoisotopic (exact) mass is 306 g/mol. The molecule has 2 atom stereocenters. The van der Waals surface area contributed by atoms with Crippen LogP contribution in [0, 0.1) is 0 Å². The second-order valence-corrected chi connectivity index (χ2v) is 6.66. The molecule has 4 nitrogen and oxygen atoms in total. The van der Waals surface area contributed by atoms with Gasteiger partial charge in [0.1, 0.15) is 0 Å². The molecule has 0 heterocycles. The van der Waals surface area contributed by atoms with E-state index in [1.54, 1.807) is 24.3 Å². The van der Waals surface area contributed by atoms with Crippen molar-refractivity contribution in [1.82, 2.24) is 10.6 Å². The Morgan fingerprint density at radius 1 is 1.24 bits per heavy atom. The number of hydrogen-bond acceptors (Lipinski definition) is 3. The van der Waals surface area contributed by atoms with Crippen LogP contribution in [-0.2, 0) is 4.79 Å². The van der Waals surface area contributed by atoms with Crippen LogP contribution in [0.4, 0.5) is 0 Å². The number of hydrogen-bond donors (Lipinski definition) is 2. The van der Waals surface area contributed by atoms with E-state index in [0.29, 0.717) is 10.8 Å². The zero-order valence-electron chi connectivity index (χ0n) is 12.3. The van der Waals surface area contributed by atoms with E-state index in [1.165, 1.54) is 12.8 Å². The summed E-state index contributed by atoms with van der Waals surface area (Å²) in [4.78, 5) is 23.8. The maximum absolute atomic E-state index is 11.9. The smallest absolute Gasteiger partial charge is 0.251 e. The summed E-state index contributed by atoms with van der Waals surface area (Å²) in [6.45, 7) is 2.18. The Labute approximate surface area is 130 Å². The van der Waals surface area contributed by atoms with Gasteiger partial charge in [0.2, 0.25) is 5.91 Å². The van der Waals surface area contributed by atoms with Crippen LogP contribution >= 0.6 is 11.8 Å². The molecule has 114 valence electrons.